The zero-order valence-corrected chi connectivity index (χ0v) is 15.9. The third-order valence-electron chi connectivity index (χ3n) is 3.42. The van der Waals surface area contributed by atoms with E-state index in [0.29, 0.717) is 5.57 Å². The summed E-state index contributed by atoms with van der Waals surface area (Å²) in [5.74, 6) is -2.44. The highest BCUT2D eigenvalue weighted by Crippen LogP contribution is 2.35. The van der Waals surface area contributed by atoms with E-state index < -0.39 is 49.2 Å². The number of anilines is 2. The first kappa shape index (κ1) is 22.6. The SMILES string of the molecule is C/C=C(/C)c1cc(S(=O)(=O)O)c(NCS(=O)(=O)O)cc1N(C=O)CC(=O)O. The fourth-order valence-electron chi connectivity index (χ4n) is 2.12. The van der Waals surface area contributed by atoms with Crippen LogP contribution in [0.2, 0.25) is 0 Å². The minimum absolute atomic E-state index is 0.0479. The predicted octanol–water partition coefficient (Wildman–Crippen LogP) is 0.661. The van der Waals surface area contributed by atoms with Gasteiger partial charge in [-0.2, -0.15) is 16.8 Å². The number of hydrogen-bond donors (Lipinski definition) is 4. The maximum absolute atomic E-state index is 11.7. The van der Waals surface area contributed by atoms with E-state index in [0.717, 1.165) is 17.0 Å². The minimum Gasteiger partial charge on any atom is -0.480 e. The molecule has 0 radical (unpaired) electrons. The topological polar surface area (TPSA) is 178 Å². The molecule has 0 aromatic heterocycles. The summed E-state index contributed by atoms with van der Waals surface area (Å²) in [6, 6.07) is 1.96. The van der Waals surface area contributed by atoms with E-state index in [4.69, 9.17) is 9.66 Å². The van der Waals surface area contributed by atoms with Gasteiger partial charge < -0.3 is 15.3 Å². The van der Waals surface area contributed by atoms with Gasteiger partial charge in [0.1, 0.15) is 17.3 Å². The summed E-state index contributed by atoms with van der Waals surface area (Å²) in [6.07, 6.45) is 1.76. The smallest absolute Gasteiger partial charge is 0.323 e. The number of rotatable bonds is 9. The molecule has 150 valence electrons. The number of carboxylic acids is 1. The summed E-state index contributed by atoms with van der Waals surface area (Å²) in [5.41, 5.74) is 0.0765. The molecule has 0 saturated heterocycles. The molecule has 0 bridgehead atoms. The van der Waals surface area contributed by atoms with E-state index in [1.165, 1.54) is 0 Å². The monoisotopic (exact) mass is 422 g/mol. The van der Waals surface area contributed by atoms with Gasteiger partial charge in [-0.15, -0.1) is 0 Å². The molecule has 27 heavy (non-hydrogen) atoms. The third kappa shape index (κ3) is 6.32. The molecule has 0 heterocycles. The van der Waals surface area contributed by atoms with Crippen LogP contribution in [0.4, 0.5) is 11.4 Å². The van der Waals surface area contributed by atoms with Gasteiger partial charge in [0, 0.05) is 5.56 Å². The van der Waals surface area contributed by atoms with Gasteiger partial charge in [0.2, 0.25) is 6.41 Å². The number of nitrogens with one attached hydrogen (secondary N) is 1. The second-order valence-electron chi connectivity index (χ2n) is 5.34. The Morgan fingerprint density at radius 2 is 1.81 bits per heavy atom. The number of carbonyl (C=O) groups excluding carboxylic acids is 1. The fourth-order valence-corrected chi connectivity index (χ4v) is 3.14. The standard InChI is InChI=1S/C14H18N2O9S2/c1-3-9(2)10-4-13(27(23,24)25)11(15-7-26(20,21)22)5-12(10)16(8-17)6-14(18)19/h3-5,8,15H,6-7H2,1-2H3,(H,18,19)(H,20,21,22)(H,23,24,25)/b9-3-. The fraction of sp³-hybridized carbons (Fsp3) is 0.286. The molecule has 0 aliphatic rings. The van der Waals surface area contributed by atoms with Crippen LogP contribution in [0.5, 0.6) is 0 Å². The Balaban J connectivity index is 3.78. The highest BCUT2D eigenvalue weighted by molar-refractivity contribution is 7.86. The van der Waals surface area contributed by atoms with E-state index in [1.54, 1.807) is 19.9 Å². The number of nitrogens with zero attached hydrogens (tertiary/aromatic N) is 1. The third-order valence-corrected chi connectivity index (χ3v) is 4.82. The predicted molar refractivity (Wildman–Crippen MR) is 96.7 cm³/mol. The Kier molecular flexibility index (Phi) is 7.08. The Hall–Kier alpha value is -2.48. The lowest BCUT2D eigenvalue weighted by Gasteiger charge is -2.22. The summed E-state index contributed by atoms with van der Waals surface area (Å²) >= 11 is 0. The molecule has 0 aliphatic heterocycles. The summed E-state index contributed by atoms with van der Waals surface area (Å²) in [7, 11) is -9.38. The van der Waals surface area contributed by atoms with Crippen LogP contribution in [0.15, 0.2) is 23.1 Å². The Bertz CT molecular complexity index is 982. The van der Waals surface area contributed by atoms with E-state index in [2.05, 4.69) is 5.32 Å². The van der Waals surface area contributed by atoms with Crippen molar-refractivity contribution in [3.05, 3.63) is 23.8 Å². The van der Waals surface area contributed by atoms with E-state index >= 15 is 0 Å². The van der Waals surface area contributed by atoms with E-state index in [1.807, 2.05) is 0 Å². The van der Waals surface area contributed by atoms with Crippen LogP contribution in [-0.2, 0) is 29.8 Å². The van der Waals surface area contributed by atoms with Gasteiger partial charge >= 0.3 is 5.97 Å². The van der Waals surface area contributed by atoms with E-state index in [-0.39, 0.29) is 17.7 Å². The van der Waals surface area contributed by atoms with E-state index in [9.17, 15) is 31.0 Å². The van der Waals surface area contributed by atoms with Gasteiger partial charge in [0.05, 0.1) is 11.4 Å². The number of benzene rings is 1. The van der Waals surface area contributed by atoms with Crippen molar-refractivity contribution >= 4 is 49.6 Å². The van der Waals surface area contributed by atoms with Gasteiger partial charge in [0.15, 0.2) is 0 Å². The number of allylic oxidation sites excluding steroid dienone is 2. The Morgan fingerprint density at radius 3 is 2.22 bits per heavy atom. The lowest BCUT2D eigenvalue weighted by molar-refractivity contribution is -0.136. The van der Waals surface area contributed by atoms with Crippen LogP contribution in [0.25, 0.3) is 5.57 Å². The van der Waals surface area contributed by atoms with Crippen molar-refractivity contribution in [2.45, 2.75) is 18.7 Å². The number of hydrogen-bond acceptors (Lipinski definition) is 7. The Labute approximate surface area is 155 Å². The maximum atomic E-state index is 11.7. The zero-order chi connectivity index (χ0) is 21.0. The number of aliphatic carboxylic acids is 1. The first-order valence-corrected chi connectivity index (χ1v) is 10.3. The van der Waals surface area contributed by atoms with Crippen LogP contribution in [0, 0.1) is 0 Å². The highest BCUT2D eigenvalue weighted by Gasteiger charge is 2.23. The molecule has 0 spiro atoms. The number of carboxylic acid groups (broad SMARTS) is 1. The van der Waals surface area contributed by atoms with Crippen LogP contribution < -0.4 is 10.2 Å². The van der Waals surface area contributed by atoms with Crippen LogP contribution >= 0.6 is 0 Å². The van der Waals surface area contributed by atoms with Crippen molar-refractivity contribution in [2.75, 3.05) is 22.6 Å². The second kappa shape index (κ2) is 8.47. The van der Waals surface area contributed by atoms with Crippen LogP contribution in [0.1, 0.15) is 19.4 Å². The summed E-state index contributed by atoms with van der Waals surface area (Å²) < 4.78 is 63.5. The molecule has 0 atom stereocenters. The lowest BCUT2D eigenvalue weighted by atomic mass is 10.0. The molecule has 1 aromatic carbocycles. The molecule has 0 fully saturated rings. The Morgan fingerprint density at radius 1 is 1.22 bits per heavy atom. The molecule has 1 amide bonds. The van der Waals surface area contributed by atoms with Crippen LogP contribution in [0.3, 0.4) is 0 Å². The molecule has 0 aliphatic carbocycles. The lowest BCUT2D eigenvalue weighted by Crippen LogP contribution is -2.29. The number of carbonyl (C=O) groups is 2. The van der Waals surface area contributed by atoms with Gasteiger partial charge in [-0.3, -0.25) is 18.7 Å². The molecule has 11 nitrogen and oxygen atoms in total. The summed E-state index contributed by atoms with van der Waals surface area (Å²) in [5, 5.41) is 11.1. The second-order valence-corrected chi connectivity index (χ2v) is 8.18. The van der Waals surface area contributed by atoms with Crippen molar-refractivity contribution in [2.24, 2.45) is 0 Å². The van der Waals surface area contributed by atoms with Crippen molar-refractivity contribution in [3.63, 3.8) is 0 Å². The van der Waals surface area contributed by atoms with Crippen molar-refractivity contribution < 1.29 is 40.6 Å². The maximum Gasteiger partial charge on any atom is 0.323 e. The molecule has 0 unspecified atom stereocenters. The van der Waals surface area contributed by atoms with Crippen molar-refractivity contribution in [1.29, 1.82) is 0 Å². The first-order valence-electron chi connectivity index (χ1n) is 7.21. The summed E-state index contributed by atoms with van der Waals surface area (Å²) in [6.45, 7) is 2.41. The minimum atomic E-state index is -4.83. The quantitative estimate of drug-likeness (QED) is 0.326. The zero-order valence-electron chi connectivity index (χ0n) is 14.3. The van der Waals surface area contributed by atoms with Gasteiger partial charge in [-0.25, -0.2) is 0 Å². The molecule has 4 N–H and O–H groups in total. The number of amides is 1. The van der Waals surface area contributed by atoms with Crippen molar-refractivity contribution in [3.8, 4) is 0 Å². The molecule has 0 saturated carbocycles. The van der Waals surface area contributed by atoms with Gasteiger partial charge in [-0.1, -0.05) is 6.08 Å². The average molecular weight is 422 g/mol. The van der Waals surface area contributed by atoms with Gasteiger partial charge in [-0.05, 0) is 31.6 Å². The molecular weight excluding hydrogens is 404 g/mol. The molecule has 1 aromatic rings. The molecular formula is C14H18N2O9S2. The van der Waals surface area contributed by atoms with Crippen LogP contribution in [-0.4, -0.2) is 55.8 Å². The summed E-state index contributed by atoms with van der Waals surface area (Å²) in [4.78, 5) is 22.4. The highest BCUT2D eigenvalue weighted by atomic mass is 32.2. The van der Waals surface area contributed by atoms with Gasteiger partial charge in [0.25, 0.3) is 20.2 Å². The first-order chi connectivity index (χ1) is 12.3. The average Bonchev–Trinajstić information content (AvgIpc) is 2.54. The normalized spacial score (nSPS) is 12.5. The van der Waals surface area contributed by atoms with Crippen molar-refractivity contribution in [1.82, 2.24) is 0 Å². The largest absolute Gasteiger partial charge is 0.480 e. The molecule has 13 heteroatoms. The molecule has 1 rings (SSSR count).